The minimum atomic E-state index is -0.197. The molecule has 1 saturated heterocycles. The fourth-order valence-electron chi connectivity index (χ4n) is 2.08. The quantitative estimate of drug-likeness (QED) is 0.817. The van der Waals surface area contributed by atoms with Gasteiger partial charge < -0.3 is 5.32 Å². The number of imide groups is 1. The Morgan fingerprint density at radius 3 is 2.89 bits per heavy atom. The molecule has 0 aliphatic carbocycles. The van der Waals surface area contributed by atoms with Gasteiger partial charge in [0.15, 0.2) is 0 Å². The average molecular weight is 247 g/mol. The summed E-state index contributed by atoms with van der Waals surface area (Å²) in [5, 5.41) is 3.13. The third-order valence-corrected chi connectivity index (χ3v) is 3.03. The number of nitrogens with zero attached hydrogens (tertiary/aromatic N) is 2. The first-order valence-corrected chi connectivity index (χ1v) is 6.15. The summed E-state index contributed by atoms with van der Waals surface area (Å²) in [7, 11) is 0. The van der Waals surface area contributed by atoms with E-state index in [9.17, 15) is 9.59 Å². The van der Waals surface area contributed by atoms with Crippen molar-refractivity contribution in [1.29, 1.82) is 0 Å². The summed E-state index contributed by atoms with van der Waals surface area (Å²) in [6.07, 6.45) is 2.01. The predicted octanol–water partition coefficient (Wildman–Crippen LogP) is 1.41. The molecule has 1 unspecified atom stereocenters. The van der Waals surface area contributed by atoms with Gasteiger partial charge in [0.2, 0.25) is 11.8 Å². The van der Waals surface area contributed by atoms with Crippen LogP contribution in [0.3, 0.4) is 0 Å². The standard InChI is InChI=1S/C13H17N3O2/c1-3-14-12-10(5-4-6-15-12)8-16-11(17)7-9(2)13(16)18/h4-6,9H,3,7-8H2,1-2H3,(H,14,15). The number of hydrogen-bond donors (Lipinski definition) is 1. The summed E-state index contributed by atoms with van der Waals surface area (Å²) in [5.41, 5.74) is 0.871. The number of carbonyl (C=O) groups excluding carboxylic acids is 2. The highest BCUT2D eigenvalue weighted by atomic mass is 16.2. The van der Waals surface area contributed by atoms with E-state index in [1.165, 1.54) is 4.90 Å². The predicted molar refractivity (Wildman–Crippen MR) is 67.7 cm³/mol. The van der Waals surface area contributed by atoms with Gasteiger partial charge in [-0.25, -0.2) is 4.98 Å². The van der Waals surface area contributed by atoms with Gasteiger partial charge >= 0.3 is 0 Å². The van der Waals surface area contributed by atoms with Gasteiger partial charge in [0.25, 0.3) is 0 Å². The van der Waals surface area contributed by atoms with Gasteiger partial charge in [0.05, 0.1) is 6.54 Å². The number of pyridine rings is 1. The Labute approximate surface area is 106 Å². The molecule has 0 bridgehead atoms. The lowest BCUT2D eigenvalue weighted by atomic mass is 10.1. The average Bonchev–Trinajstić information content (AvgIpc) is 2.59. The molecule has 96 valence electrons. The molecule has 1 atom stereocenters. The molecule has 5 nitrogen and oxygen atoms in total. The number of likely N-dealkylation sites (tertiary alicyclic amines) is 1. The third-order valence-electron chi connectivity index (χ3n) is 3.03. The highest BCUT2D eigenvalue weighted by Gasteiger charge is 2.35. The molecule has 5 heteroatoms. The maximum absolute atomic E-state index is 11.9. The smallest absolute Gasteiger partial charge is 0.232 e. The molecule has 1 aromatic rings. The van der Waals surface area contributed by atoms with Crippen LogP contribution in [0.2, 0.25) is 0 Å². The van der Waals surface area contributed by atoms with Gasteiger partial charge in [-0.2, -0.15) is 0 Å². The van der Waals surface area contributed by atoms with Gasteiger partial charge in [-0.05, 0) is 13.0 Å². The van der Waals surface area contributed by atoms with Gasteiger partial charge in [-0.1, -0.05) is 13.0 Å². The number of hydrogen-bond acceptors (Lipinski definition) is 4. The topological polar surface area (TPSA) is 62.3 Å². The molecule has 0 spiro atoms. The van der Waals surface area contributed by atoms with Crippen LogP contribution in [0.25, 0.3) is 0 Å². The zero-order valence-corrected chi connectivity index (χ0v) is 10.6. The SMILES string of the molecule is CCNc1ncccc1CN1C(=O)CC(C)C1=O. The lowest BCUT2D eigenvalue weighted by Gasteiger charge is -2.16. The maximum Gasteiger partial charge on any atom is 0.232 e. The molecule has 1 aliphatic heterocycles. The Hall–Kier alpha value is -1.91. The van der Waals surface area contributed by atoms with Crippen LogP contribution in [0.5, 0.6) is 0 Å². The van der Waals surface area contributed by atoms with Crippen LogP contribution >= 0.6 is 0 Å². The highest BCUT2D eigenvalue weighted by molar-refractivity contribution is 6.03. The van der Waals surface area contributed by atoms with E-state index in [1.54, 1.807) is 13.1 Å². The van der Waals surface area contributed by atoms with Crippen molar-refractivity contribution < 1.29 is 9.59 Å². The van der Waals surface area contributed by atoms with Gasteiger partial charge in [0.1, 0.15) is 5.82 Å². The van der Waals surface area contributed by atoms with E-state index in [-0.39, 0.29) is 17.7 Å². The van der Waals surface area contributed by atoms with Gasteiger partial charge in [-0.3, -0.25) is 14.5 Å². The number of aromatic nitrogens is 1. The molecule has 0 saturated carbocycles. The zero-order chi connectivity index (χ0) is 13.1. The van der Waals surface area contributed by atoms with Crippen LogP contribution in [0, 0.1) is 5.92 Å². The van der Waals surface area contributed by atoms with Gasteiger partial charge in [0, 0.05) is 30.6 Å². The van der Waals surface area contributed by atoms with E-state index in [0.717, 1.165) is 17.9 Å². The summed E-state index contributed by atoms with van der Waals surface area (Å²) in [4.78, 5) is 29.1. The molecule has 1 fully saturated rings. The number of carbonyl (C=O) groups is 2. The van der Waals surface area contributed by atoms with E-state index in [0.29, 0.717) is 13.0 Å². The molecule has 18 heavy (non-hydrogen) atoms. The van der Waals surface area contributed by atoms with Crippen molar-refractivity contribution >= 4 is 17.6 Å². The van der Waals surface area contributed by atoms with Crippen molar-refractivity contribution in [2.24, 2.45) is 5.92 Å². The number of anilines is 1. The molecule has 2 heterocycles. The van der Waals surface area contributed by atoms with Crippen LogP contribution in [-0.4, -0.2) is 28.2 Å². The first kappa shape index (κ1) is 12.5. The van der Waals surface area contributed by atoms with Crippen molar-refractivity contribution in [3.63, 3.8) is 0 Å². The minimum Gasteiger partial charge on any atom is -0.370 e. The zero-order valence-electron chi connectivity index (χ0n) is 10.6. The molecule has 2 rings (SSSR count). The van der Waals surface area contributed by atoms with Crippen LogP contribution in [0.1, 0.15) is 25.8 Å². The van der Waals surface area contributed by atoms with Crippen molar-refractivity contribution in [1.82, 2.24) is 9.88 Å². The molecule has 1 aliphatic rings. The minimum absolute atomic E-state index is 0.0914. The van der Waals surface area contributed by atoms with E-state index < -0.39 is 0 Å². The Bertz CT molecular complexity index is 473. The molecular weight excluding hydrogens is 230 g/mol. The number of nitrogens with one attached hydrogen (secondary N) is 1. The molecule has 0 aromatic carbocycles. The normalized spacial score (nSPS) is 19.4. The Kier molecular flexibility index (Phi) is 3.60. The van der Waals surface area contributed by atoms with Crippen molar-refractivity contribution in [2.45, 2.75) is 26.8 Å². The molecule has 1 N–H and O–H groups in total. The monoisotopic (exact) mass is 247 g/mol. The van der Waals surface area contributed by atoms with Crippen LogP contribution < -0.4 is 5.32 Å². The fourth-order valence-corrected chi connectivity index (χ4v) is 2.08. The summed E-state index contributed by atoms with van der Waals surface area (Å²) in [6, 6.07) is 3.69. The molecule has 0 radical (unpaired) electrons. The molecular formula is C13H17N3O2. The lowest BCUT2D eigenvalue weighted by molar-refractivity contribution is -0.139. The van der Waals surface area contributed by atoms with E-state index in [4.69, 9.17) is 0 Å². The van der Waals surface area contributed by atoms with E-state index in [1.807, 2.05) is 19.1 Å². The largest absolute Gasteiger partial charge is 0.370 e. The van der Waals surface area contributed by atoms with Crippen LogP contribution in [-0.2, 0) is 16.1 Å². The second kappa shape index (κ2) is 5.16. The number of amides is 2. The maximum atomic E-state index is 11.9. The molecule has 2 amide bonds. The van der Waals surface area contributed by atoms with E-state index in [2.05, 4.69) is 10.3 Å². The summed E-state index contributed by atoms with van der Waals surface area (Å²) >= 11 is 0. The van der Waals surface area contributed by atoms with Crippen LogP contribution in [0.15, 0.2) is 18.3 Å². The number of rotatable bonds is 4. The summed E-state index contributed by atoms with van der Waals surface area (Å²) < 4.78 is 0. The lowest BCUT2D eigenvalue weighted by Crippen LogP contribution is -2.30. The van der Waals surface area contributed by atoms with Crippen LogP contribution in [0.4, 0.5) is 5.82 Å². The van der Waals surface area contributed by atoms with Crippen molar-refractivity contribution in [3.05, 3.63) is 23.9 Å². The fraction of sp³-hybridized carbons (Fsp3) is 0.462. The second-order valence-corrected chi connectivity index (χ2v) is 4.46. The highest BCUT2D eigenvalue weighted by Crippen LogP contribution is 2.23. The van der Waals surface area contributed by atoms with Gasteiger partial charge in [-0.15, -0.1) is 0 Å². The Morgan fingerprint density at radius 1 is 1.50 bits per heavy atom. The second-order valence-electron chi connectivity index (χ2n) is 4.46. The van der Waals surface area contributed by atoms with Crippen molar-refractivity contribution in [3.8, 4) is 0 Å². The Morgan fingerprint density at radius 2 is 2.28 bits per heavy atom. The first-order chi connectivity index (χ1) is 8.63. The first-order valence-electron chi connectivity index (χ1n) is 6.15. The Balaban J connectivity index is 2.19. The van der Waals surface area contributed by atoms with Crippen molar-refractivity contribution in [2.75, 3.05) is 11.9 Å². The summed E-state index contributed by atoms with van der Waals surface area (Å²) in [5.74, 6) is 0.349. The molecule has 1 aromatic heterocycles. The van der Waals surface area contributed by atoms with E-state index >= 15 is 0 Å². The third kappa shape index (κ3) is 2.34. The summed E-state index contributed by atoms with van der Waals surface area (Å²) in [6.45, 7) is 4.82.